The molecule has 0 atom stereocenters. The molecule has 0 heterocycles. The third-order valence-corrected chi connectivity index (χ3v) is 3.89. The maximum atomic E-state index is 13.7. The molecule has 2 rings (SSSR count). The Kier molecular flexibility index (Phi) is 8.89. The maximum Gasteiger partial charge on any atom is 0.161 e. The van der Waals surface area contributed by atoms with Gasteiger partial charge in [0, 0.05) is 18.7 Å². The summed E-state index contributed by atoms with van der Waals surface area (Å²) in [7, 11) is 1.59. The number of ether oxygens (including phenoxy) is 2. The molecule has 0 fully saturated rings. The quantitative estimate of drug-likeness (QED) is 0.507. The second kappa shape index (κ2) is 11.5. The van der Waals surface area contributed by atoms with Crippen LogP contribution in [0.2, 0.25) is 0 Å². The normalized spacial score (nSPS) is 10.7. The lowest BCUT2D eigenvalue weighted by Gasteiger charge is -2.13. The van der Waals surface area contributed by atoms with E-state index in [-0.39, 0.29) is 19.0 Å². The third-order valence-electron chi connectivity index (χ3n) is 3.89. The molecule has 0 unspecified atom stereocenters. The van der Waals surface area contributed by atoms with E-state index in [1.165, 1.54) is 6.07 Å². The van der Waals surface area contributed by atoms with Crippen LogP contribution in [0.25, 0.3) is 0 Å². The molecule has 26 heavy (non-hydrogen) atoms. The number of hydrogen-bond acceptors (Lipinski definition) is 5. The second-order valence-corrected chi connectivity index (χ2v) is 5.87. The number of aliphatic hydroxyl groups is 1. The molecular weight excluding hydrogens is 335 g/mol. The monoisotopic (exact) mass is 362 g/mol. The Labute approximate surface area is 154 Å². The third kappa shape index (κ3) is 6.63. The van der Waals surface area contributed by atoms with Crippen molar-refractivity contribution in [2.75, 3.05) is 33.4 Å². The SMILES string of the molecule is COc1cc(CNCCCNCCO)ccc1OCc1ccccc1F. The van der Waals surface area contributed by atoms with E-state index in [4.69, 9.17) is 14.6 Å². The van der Waals surface area contributed by atoms with Gasteiger partial charge in [-0.15, -0.1) is 0 Å². The fraction of sp³-hybridized carbons (Fsp3) is 0.400. The van der Waals surface area contributed by atoms with Crippen LogP contribution in [0, 0.1) is 5.82 Å². The zero-order valence-corrected chi connectivity index (χ0v) is 15.1. The number of nitrogens with one attached hydrogen (secondary N) is 2. The lowest BCUT2D eigenvalue weighted by Crippen LogP contribution is -2.23. The van der Waals surface area contributed by atoms with Crippen LogP contribution in [0.4, 0.5) is 4.39 Å². The zero-order valence-electron chi connectivity index (χ0n) is 15.1. The molecule has 0 aromatic heterocycles. The van der Waals surface area contributed by atoms with Crippen molar-refractivity contribution in [2.45, 2.75) is 19.6 Å². The minimum Gasteiger partial charge on any atom is -0.493 e. The predicted octanol–water partition coefficient (Wildman–Crippen LogP) is 2.47. The molecule has 0 radical (unpaired) electrons. The first-order chi connectivity index (χ1) is 12.7. The fourth-order valence-corrected chi connectivity index (χ4v) is 2.49. The summed E-state index contributed by atoms with van der Waals surface area (Å²) in [5.41, 5.74) is 1.60. The molecule has 142 valence electrons. The minimum atomic E-state index is -0.277. The predicted molar refractivity (Wildman–Crippen MR) is 100 cm³/mol. The van der Waals surface area contributed by atoms with Crippen LogP contribution < -0.4 is 20.1 Å². The maximum absolute atomic E-state index is 13.7. The van der Waals surface area contributed by atoms with Gasteiger partial charge < -0.3 is 25.2 Å². The molecular formula is C20H27FN2O3. The average molecular weight is 362 g/mol. The van der Waals surface area contributed by atoms with Crippen molar-refractivity contribution in [3.63, 3.8) is 0 Å². The van der Waals surface area contributed by atoms with Crippen molar-refractivity contribution in [1.82, 2.24) is 10.6 Å². The Morgan fingerprint density at radius 1 is 1.00 bits per heavy atom. The van der Waals surface area contributed by atoms with E-state index < -0.39 is 0 Å². The first kappa shape index (κ1) is 20.2. The van der Waals surface area contributed by atoms with Gasteiger partial charge in [-0.25, -0.2) is 4.39 Å². The molecule has 0 aliphatic rings. The summed E-state index contributed by atoms with van der Waals surface area (Å²) in [6.07, 6.45) is 0.987. The van der Waals surface area contributed by atoms with E-state index in [1.807, 2.05) is 18.2 Å². The summed E-state index contributed by atoms with van der Waals surface area (Å²) in [5, 5.41) is 15.2. The van der Waals surface area contributed by atoms with Crippen LogP contribution in [0.3, 0.4) is 0 Å². The summed E-state index contributed by atoms with van der Waals surface area (Å²) in [5.74, 6) is 0.943. The smallest absolute Gasteiger partial charge is 0.161 e. The van der Waals surface area contributed by atoms with Crippen LogP contribution in [0.1, 0.15) is 17.5 Å². The Hall–Kier alpha value is -2.15. The highest BCUT2D eigenvalue weighted by Gasteiger charge is 2.08. The van der Waals surface area contributed by atoms with E-state index in [9.17, 15) is 4.39 Å². The van der Waals surface area contributed by atoms with Crippen molar-refractivity contribution in [3.8, 4) is 11.5 Å². The summed E-state index contributed by atoms with van der Waals surface area (Å²) < 4.78 is 24.8. The van der Waals surface area contributed by atoms with Gasteiger partial charge in [-0.1, -0.05) is 24.3 Å². The van der Waals surface area contributed by atoms with Crippen LogP contribution in [0.5, 0.6) is 11.5 Å². The number of hydrogen-bond donors (Lipinski definition) is 3. The van der Waals surface area contributed by atoms with E-state index in [1.54, 1.807) is 25.3 Å². The minimum absolute atomic E-state index is 0.154. The van der Waals surface area contributed by atoms with E-state index in [0.717, 1.165) is 31.6 Å². The van der Waals surface area contributed by atoms with Gasteiger partial charge in [0.1, 0.15) is 12.4 Å². The van der Waals surface area contributed by atoms with Gasteiger partial charge >= 0.3 is 0 Å². The van der Waals surface area contributed by atoms with Crippen LogP contribution in [0.15, 0.2) is 42.5 Å². The zero-order chi connectivity index (χ0) is 18.6. The summed E-state index contributed by atoms with van der Waals surface area (Å²) in [6, 6.07) is 12.3. The van der Waals surface area contributed by atoms with Gasteiger partial charge in [-0.05, 0) is 43.3 Å². The number of benzene rings is 2. The van der Waals surface area contributed by atoms with Crippen LogP contribution >= 0.6 is 0 Å². The Balaban J connectivity index is 1.82. The first-order valence-corrected chi connectivity index (χ1v) is 8.80. The van der Waals surface area contributed by atoms with Gasteiger partial charge in [0.15, 0.2) is 11.5 Å². The molecule has 0 saturated heterocycles. The highest BCUT2D eigenvalue weighted by atomic mass is 19.1. The molecule has 0 bridgehead atoms. The van der Waals surface area contributed by atoms with Crippen molar-refractivity contribution in [2.24, 2.45) is 0 Å². The highest BCUT2D eigenvalue weighted by molar-refractivity contribution is 5.43. The Morgan fingerprint density at radius 3 is 2.58 bits per heavy atom. The average Bonchev–Trinajstić information content (AvgIpc) is 2.67. The molecule has 6 heteroatoms. The van der Waals surface area contributed by atoms with E-state index in [2.05, 4.69) is 10.6 Å². The van der Waals surface area contributed by atoms with Crippen molar-refractivity contribution < 1.29 is 19.0 Å². The Morgan fingerprint density at radius 2 is 1.81 bits per heavy atom. The van der Waals surface area contributed by atoms with Crippen LogP contribution in [-0.4, -0.2) is 38.5 Å². The molecule has 0 aliphatic carbocycles. The van der Waals surface area contributed by atoms with Gasteiger partial charge in [0.2, 0.25) is 0 Å². The number of methoxy groups -OCH3 is 1. The summed E-state index contributed by atoms with van der Waals surface area (Å²) >= 11 is 0. The van der Waals surface area contributed by atoms with Crippen molar-refractivity contribution in [3.05, 3.63) is 59.4 Å². The lowest BCUT2D eigenvalue weighted by molar-refractivity contribution is 0.279. The molecule has 0 spiro atoms. The van der Waals surface area contributed by atoms with E-state index >= 15 is 0 Å². The summed E-state index contributed by atoms with van der Waals surface area (Å²) in [4.78, 5) is 0. The fourth-order valence-electron chi connectivity index (χ4n) is 2.49. The topological polar surface area (TPSA) is 62.8 Å². The number of rotatable bonds is 12. The molecule has 2 aromatic rings. The molecule has 2 aromatic carbocycles. The largest absolute Gasteiger partial charge is 0.493 e. The second-order valence-electron chi connectivity index (χ2n) is 5.87. The summed E-state index contributed by atoms with van der Waals surface area (Å²) in [6.45, 7) is 3.43. The van der Waals surface area contributed by atoms with Crippen molar-refractivity contribution >= 4 is 0 Å². The van der Waals surface area contributed by atoms with Crippen molar-refractivity contribution in [1.29, 1.82) is 0 Å². The van der Waals surface area contributed by atoms with Gasteiger partial charge in [0.05, 0.1) is 13.7 Å². The Bertz CT molecular complexity index is 667. The van der Waals surface area contributed by atoms with E-state index in [0.29, 0.717) is 23.6 Å². The molecule has 0 saturated carbocycles. The molecule has 5 nitrogen and oxygen atoms in total. The molecule has 3 N–H and O–H groups in total. The van der Waals surface area contributed by atoms with Gasteiger partial charge in [-0.3, -0.25) is 0 Å². The molecule has 0 aliphatic heterocycles. The first-order valence-electron chi connectivity index (χ1n) is 8.80. The highest BCUT2D eigenvalue weighted by Crippen LogP contribution is 2.29. The van der Waals surface area contributed by atoms with Gasteiger partial charge in [-0.2, -0.15) is 0 Å². The number of halogens is 1. The standard InChI is InChI=1S/C20H27FN2O3/c1-25-20-13-16(14-23-10-4-9-22-11-12-24)7-8-19(20)26-15-17-5-2-3-6-18(17)21/h2-3,5-8,13,22-24H,4,9-12,14-15H2,1H3. The lowest BCUT2D eigenvalue weighted by atomic mass is 10.2. The van der Waals surface area contributed by atoms with Gasteiger partial charge in [0.25, 0.3) is 0 Å². The molecule has 0 amide bonds. The van der Waals surface area contributed by atoms with Crippen LogP contribution in [-0.2, 0) is 13.2 Å². The number of aliphatic hydroxyl groups excluding tert-OH is 1.